The number of rotatable bonds is 4. The monoisotopic (exact) mass is 291 g/mol. The van der Waals surface area contributed by atoms with Crippen LogP contribution in [-0.2, 0) is 4.74 Å². The Balaban J connectivity index is 2.29. The highest BCUT2D eigenvalue weighted by atomic mass is 19.1. The van der Waals surface area contributed by atoms with Crippen LogP contribution in [-0.4, -0.2) is 25.2 Å². The Hall–Kier alpha value is -2.83. The molecule has 0 radical (unpaired) electrons. The van der Waals surface area contributed by atoms with Crippen molar-refractivity contribution >= 4 is 23.2 Å². The maximum Gasteiger partial charge on any atom is 0.340 e. The van der Waals surface area contributed by atoms with Crippen molar-refractivity contribution in [1.82, 2.24) is 4.98 Å². The van der Waals surface area contributed by atoms with Gasteiger partial charge in [-0.3, -0.25) is 0 Å². The van der Waals surface area contributed by atoms with Crippen LogP contribution in [0.15, 0.2) is 30.5 Å². The molecule has 0 saturated heterocycles. The molecular formula is C14H14FN3O3. The molecule has 0 spiro atoms. The number of hydrogen-bond acceptors (Lipinski definition) is 6. The molecule has 0 atom stereocenters. The summed E-state index contributed by atoms with van der Waals surface area (Å²) in [6.45, 7) is 0. The van der Waals surface area contributed by atoms with Crippen LogP contribution < -0.4 is 15.8 Å². The van der Waals surface area contributed by atoms with E-state index in [0.29, 0.717) is 11.5 Å². The number of nitrogens with one attached hydrogen (secondary N) is 1. The van der Waals surface area contributed by atoms with E-state index in [4.69, 9.17) is 10.5 Å². The van der Waals surface area contributed by atoms with Gasteiger partial charge < -0.3 is 20.5 Å². The van der Waals surface area contributed by atoms with Crippen LogP contribution in [0.4, 0.5) is 21.6 Å². The molecule has 110 valence electrons. The van der Waals surface area contributed by atoms with Gasteiger partial charge in [0.15, 0.2) is 11.6 Å². The van der Waals surface area contributed by atoms with Crippen molar-refractivity contribution in [2.45, 2.75) is 0 Å². The summed E-state index contributed by atoms with van der Waals surface area (Å²) in [5.41, 5.74) is 6.63. The smallest absolute Gasteiger partial charge is 0.340 e. The van der Waals surface area contributed by atoms with E-state index < -0.39 is 11.8 Å². The summed E-state index contributed by atoms with van der Waals surface area (Å²) >= 11 is 0. The molecule has 0 unspecified atom stereocenters. The minimum Gasteiger partial charge on any atom is -0.494 e. The predicted octanol–water partition coefficient (Wildman–Crippen LogP) is 2.34. The second-order valence-electron chi connectivity index (χ2n) is 4.12. The van der Waals surface area contributed by atoms with Gasteiger partial charge in [-0.15, -0.1) is 0 Å². The zero-order valence-electron chi connectivity index (χ0n) is 11.5. The van der Waals surface area contributed by atoms with Gasteiger partial charge in [-0.25, -0.2) is 14.2 Å². The second-order valence-corrected chi connectivity index (χ2v) is 4.12. The number of aromatic nitrogens is 1. The van der Waals surface area contributed by atoms with Gasteiger partial charge in [-0.1, -0.05) is 0 Å². The maximum atomic E-state index is 13.3. The lowest BCUT2D eigenvalue weighted by Gasteiger charge is -2.10. The number of carbonyl (C=O) groups is 1. The molecule has 2 rings (SSSR count). The van der Waals surface area contributed by atoms with E-state index in [-0.39, 0.29) is 17.0 Å². The molecule has 2 aromatic rings. The predicted molar refractivity (Wildman–Crippen MR) is 76.2 cm³/mol. The second kappa shape index (κ2) is 6.08. The van der Waals surface area contributed by atoms with Crippen molar-refractivity contribution in [1.29, 1.82) is 0 Å². The Bertz CT molecular complexity index is 677. The molecule has 0 aliphatic heterocycles. The average Bonchev–Trinajstić information content (AvgIpc) is 2.50. The quantitative estimate of drug-likeness (QED) is 0.841. The van der Waals surface area contributed by atoms with E-state index in [1.165, 1.54) is 44.7 Å². The number of benzene rings is 1. The van der Waals surface area contributed by atoms with Crippen LogP contribution in [0.25, 0.3) is 0 Å². The molecule has 3 N–H and O–H groups in total. The first-order valence-electron chi connectivity index (χ1n) is 5.99. The fourth-order valence-corrected chi connectivity index (χ4v) is 1.71. The lowest BCUT2D eigenvalue weighted by atomic mass is 10.2. The number of esters is 1. The van der Waals surface area contributed by atoms with Gasteiger partial charge in [0.25, 0.3) is 0 Å². The highest BCUT2D eigenvalue weighted by Crippen LogP contribution is 2.25. The van der Waals surface area contributed by atoms with Gasteiger partial charge in [0.1, 0.15) is 5.82 Å². The van der Waals surface area contributed by atoms with Crippen LogP contribution in [0.5, 0.6) is 5.75 Å². The number of nitrogens with zero attached hydrogens (tertiary/aromatic N) is 1. The van der Waals surface area contributed by atoms with Crippen molar-refractivity contribution < 1.29 is 18.7 Å². The summed E-state index contributed by atoms with van der Waals surface area (Å²) in [6.07, 6.45) is 1.34. The summed E-state index contributed by atoms with van der Waals surface area (Å²) in [4.78, 5) is 15.6. The van der Waals surface area contributed by atoms with E-state index in [2.05, 4.69) is 15.0 Å². The van der Waals surface area contributed by atoms with Gasteiger partial charge >= 0.3 is 5.97 Å². The molecule has 6 nitrogen and oxygen atoms in total. The maximum absolute atomic E-state index is 13.3. The van der Waals surface area contributed by atoms with Crippen LogP contribution in [0.1, 0.15) is 10.4 Å². The molecule has 0 bridgehead atoms. The van der Waals surface area contributed by atoms with Crippen molar-refractivity contribution in [3.05, 3.63) is 41.8 Å². The number of ether oxygens (including phenoxy) is 2. The lowest BCUT2D eigenvalue weighted by Crippen LogP contribution is -2.07. The van der Waals surface area contributed by atoms with Crippen LogP contribution >= 0.6 is 0 Å². The molecule has 0 aliphatic rings. The summed E-state index contributed by atoms with van der Waals surface area (Å²) in [7, 11) is 2.64. The van der Waals surface area contributed by atoms with E-state index in [9.17, 15) is 9.18 Å². The highest BCUT2D eigenvalue weighted by Gasteiger charge is 2.12. The molecule has 1 heterocycles. The zero-order valence-corrected chi connectivity index (χ0v) is 11.5. The number of pyridine rings is 1. The number of hydrogen-bond donors (Lipinski definition) is 2. The van der Waals surface area contributed by atoms with Crippen LogP contribution in [0.2, 0.25) is 0 Å². The first-order valence-corrected chi connectivity index (χ1v) is 5.99. The Morgan fingerprint density at radius 3 is 2.76 bits per heavy atom. The Morgan fingerprint density at radius 2 is 2.10 bits per heavy atom. The number of methoxy groups -OCH3 is 2. The van der Waals surface area contributed by atoms with Gasteiger partial charge in [-0.05, 0) is 18.2 Å². The molecule has 0 saturated carbocycles. The van der Waals surface area contributed by atoms with Gasteiger partial charge in [0.2, 0.25) is 0 Å². The molecule has 0 amide bonds. The molecule has 0 fully saturated rings. The fourth-order valence-electron chi connectivity index (χ4n) is 1.71. The molecule has 21 heavy (non-hydrogen) atoms. The Morgan fingerprint density at radius 1 is 1.33 bits per heavy atom. The van der Waals surface area contributed by atoms with Crippen molar-refractivity contribution in [3.63, 3.8) is 0 Å². The minimum atomic E-state index is -0.561. The van der Waals surface area contributed by atoms with Crippen LogP contribution in [0.3, 0.4) is 0 Å². The Kier molecular flexibility index (Phi) is 4.22. The highest BCUT2D eigenvalue weighted by molar-refractivity contribution is 5.95. The SMILES string of the molecule is COC(=O)c1cc(Nc2ccc(F)c(OC)c2)ncc1N. The third-order valence-electron chi connectivity index (χ3n) is 2.76. The molecule has 0 aliphatic carbocycles. The van der Waals surface area contributed by atoms with Crippen LogP contribution in [0, 0.1) is 5.82 Å². The first kappa shape index (κ1) is 14.6. The lowest BCUT2D eigenvalue weighted by molar-refractivity contribution is 0.0602. The number of nitrogens with two attached hydrogens (primary N) is 1. The van der Waals surface area contributed by atoms with E-state index in [0.717, 1.165) is 0 Å². The normalized spacial score (nSPS) is 10.0. The number of nitrogen functional groups attached to an aromatic ring is 1. The number of halogens is 1. The Labute approximate surface area is 120 Å². The van der Waals surface area contributed by atoms with Crippen molar-refractivity contribution in [3.8, 4) is 5.75 Å². The summed E-state index contributed by atoms with van der Waals surface area (Å²) < 4.78 is 22.9. The van der Waals surface area contributed by atoms with Crippen molar-refractivity contribution in [2.75, 3.05) is 25.3 Å². The van der Waals surface area contributed by atoms with Crippen molar-refractivity contribution in [2.24, 2.45) is 0 Å². The molecule has 1 aromatic heterocycles. The first-order chi connectivity index (χ1) is 10.0. The number of anilines is 3. The topological polar surface area (TPSA) is 86.5 Å². The average molecular weight is 291 g/mol. The van der Waals surface area contributed by atoms with E-state index >= 15 is 0 Å². The van der Waals surface area contributed by atoms with Gasteiger partial charge in [0.05, 0.1) is 31.7 Å². The minimum absolute atomic E-state index is 0.101. The number of carbonyl (C=O) groups excluding carboxylic acids is 1. The largest absolute Gasteiger partial charge is 0.494 e. The summed E-state index contributed by atoms with van der Waals surface area (Å²) in [5.74, 6) is -0.555. The van der Waals surface area contributed by atoms with Gasteiger partial charge in [0, 0.05) is 11.8 Å². The van der Waals surface area contributed by atoms with E-state index in [1.807, 2.05) is 0 Å². The van der Waals surface area contributed by atoms with Gasteiger partial charge in [-0.2, -0.15) is 0 Å². The summed E-state index contributed by atoms with van der Waals surface area (Å²) in [6, 6.07) is 5.72. The molecular weight excluding hydrogens is 277 g/mol. The standard InChI is InChI=1S/C14H14FN3O3/c1-20-12-5-8(3-4-10(12)15)18-13-6-9(14(19)21-2)11(16)7-17-13/h3-7H,16H2,1-2H3,(H,17,18). The third-order valence-corrected chi connectivity index (χ3v) is 2.76. The molecule has 7 heteroatoms. The molecule has 1 aromatic carbocycles. The zero-order chi connectivity index (χ0) is 15.4. The third kappa shape index (κ3) is 3.19. The van der Waals surface area contributed by atoms with E-state index in [1.54, 1.807) is 0 Å². The fraction of sp³-hybridized carbons (Fsp3) is 0.143. The summed E-state index contributed by atoms with van der Waals surface area (Å²) in [5, 5.41) is 2.93.